The number of carbonyl (C=O) groups excluding carboxylic acids is 4. The van der Waals surface area contributed by atoms with Crippen molar-refractivity contribution >= 4 is 23.9 Å². The van der Waals surface area contributed by atoms with Crippen LogP contribution < -0.4 is 16.0 Å². The van der Waals surface area contributed by atoms with Crippen molar-refractivity contribution in [2.75, 3.05) is 7.11 Å². The van der Waals surface area contributed by atoms with E-state index in [2.05, 4.69) is 16.0 Å². The van der Waals surface area contributed by atoms with Gasteiger partial charge < -0.3 is 25.4 Å². The molecule has 0 aliphatic heterocycles. The van der Waals surface area contributed by atoms with E-state index in [4.69, 9.17) is 9.47 Å². The topological polar surface area (TPSA) is 123 Å². The lowest BCUT2D eigenvalue weighted by atomic mass is 9.99. The molecule has 0 aromatic carbocycles. The van der Waals surface area contributed by atoms with Gasteiger partial charge in [0.25, 0.3) is 0 Å². The van der Waals surface area contributed by atoms with Crippen LogP contribution in [-0.4, -0.2) is 54.7 Å². The number of esters is 1. The van der Waals surface area contributed by atoms with Crippen LogP contribution in [0.5, 0.6) is 0 Å². The molecule has 0 unspecified atom stereocenters. The summed E-state index contributed by atoms with van der Waals surface area (Å²) >= 11 is 0. The van der Waals surface area contributed by atoms with Gasteiger partial charge >= 0.3 is 12.1 Å². The van der Waals surface area contributed by atoms with E-state index in [1.165, 1.54) is 7.11 Å². The molecule has 0 aliphatic carbocycles. The molecule has 3 amide bonds. The molecule has 0 aliphatic rings. The predicted molar refractivity (Wildman–Crippen MR) is 127 cm³/mol. The molecular weight excluding hydrogens is 426 g/mol. The van der Waals surface area contributed by atoms with Crippen molar-refractivity contribution in [1.82, 2.24) is 16.0 Å². The fraction of sp³-hybridized carbons (Fsp3) is 0.833. The first kappa shape index (κ1) is 30.7. The van der Waals surface area contributed by atoms with Crippen LogP contribution in [-0.2, 0) is 23.9 Å². The summed E-state index contributed by atoms with van der Waals surface area (Å²) in [6.45, 7) is 16.8. The maximum absolute atomic E-state index is 13.1. The summed E-state index contributed by atoms with van der Waals surface area (Å²) in [5, 5.41) is 8.10. The molecule has 33 heavy (non-hydrogen) atoms. The van der Waals surface area contributed by atoms with E-state index in [0.717, 1.165) is 0 Å². The molecule has 0 radical (unpaired) electrons. The van der Waals surface area contributed by atoms with Crippen LogP contribution in [0.25, 0.3) is 0 Å². The third-order valence-electron chi connectivity index (χ3n) is 4.56. The molecule has 0 bridgehead atoms. The summed E-state index contributed by atoms with van der Waals surface area (Å²) < 4.78 is 10.1. The smallest absolute Gasteiger partial charge is 0.408 e. The Bertz CT molecular complexity index is 655. The quantitative estimate of drug-likeness (QED) is 0.376. The second-order valence-corrected chi connectivity index (χ2v) is 10.7. The van der Waals surface area contributed by atoms with Crippen LogP contribution in [0.1, 0.15) is 81.6 Å². The number of ether oxygens (including phenoxy) is 2. The van der Waals surface area contributed by atoms with Gasteiger partial charge in [-0.15, -0.1) is 0 Å². The molecular formula is C24H45N3O6. The van der Waals surface area contributed by atoms with E-state index in [1.54, 1.807) is 20.8 Å². The van der Waals surface area contributed by atoms with Crippen molar-refractivity contribution < 1.29 is 28.7 Å². The van der Waals surface area contributed by atoms with Crippen molar-refractivity contribution in [3.8, 4) is 0 Å². The second-order valence-electron chi connectivity index (χ2n) is 10.7. The molecule has 0 heterocycles. The normalized spacial score (nSPS) is 14.5. The molecule has 0 saturated carbocycles. The van der Waals surface area contributed by atoms with Gasteiger partial charge in [-0.05, 0) is 57.8 Å². The zero-order valence-corrected chi connectivity index (χ0v) is 22.0. The molecule has 0 fully saturated rings. The van der Waals surface area contributed by atoms with Crippen molar-refractivity contribution in [3.05, 3.63) is 0 Å². The van der Waals surface area contributed by atoms with Crippen LogP contribution in [0.4, 0.5) is 4.79 Å². The minimum Gasteiger partial charge on any atom is -0.467 e. The van der Waals surface area contributed by atoms with E-state index in [1.807, 2.05) is 41.5 Å². The first-order valence-corrected chi connectivity index (χ1v) is 11.7. The molecule has 0 aromatic heterocycles. The van der Waals surface area contributed by atoms with Gasteiger partial charge in [0.2, 0.25) is 11.8 Å². The highest BCUT2D eigenvalue weighted by atomic mass is 16.6. The van der Waals surface area contributed by atoms with Crippen molar-refractivity contribution in [2.24, 2.45) is 17.8 Å². The molecule has 9 heteroatoms. The fourth-order valence-electron chi connectivity index (χ4n) is 3.23. The molecule has 3 atom stereocenters. The molecule has 3 N–H and O–H groups in total. The van der Waals surface area contributed by atoms with Crippen molar-refractivity contribution in [1.29, 1.82) is 0 Å². The summed E-state index contributed by atoms with van der Waals surface area (Å²) in [7, 11) is 1.27. The van der Waals surface area contributed by atoms with Gasteiger partial charge in [0.1, 0.15) is 23.7 Å². The van der Waals surface area contributed by atoms with E-state index in [9.17, 15) is 19.2 Å². The SMILES string of the molecule is COC(=O)[C@H](CC(C)C)NC(=O)[C@H](CC(C)C)NC(=O)[C@@H](CC(C)C)NC(=O)OC(C)(C)C. The highest BCUT2D eigenvalue weighted by molar-refractivity contribution is 5.93. The molecule has 0 aromatic rings. The maximum Gasteiger partial charge on any atom is 0.408 e. The lowest BCUT2D eigenvalue weighted by molar-refractivity contribution is -0.146. The Morgan fingerprint density at radius 3 is 1.39 bits per heavy atom. The van der Waals surface area contributed by atoms with Gasteiger partial charge in [0, 0.05) is 0 Å². The standard InChI is InChI=1S/C24H45N3O6/c1-14(2)11-17(20(28)26-19(13-16(5)6)22(30)32-10)25-21(29)18(12-15(3)4)27-23(31)33-24(7,8)9/h14-19H,11-13H2,1-10H3,(H,25,29)(H,26,28)(H,27,31)/t17-,18+,19-/m0/s1. The maximum atomic E-state index is 13.1. The van der Waals surface area contributed by atoms with E-state index in [0.29, 0.717) is 19.3 Å². The number of methoxy groups -OCH3 is 1. The summed E-state index contributed by atoms with van der Waals surface area (Å²) in [6.07, 6.45) is 0.459. The Balaban J connectivity index is 5.54. The second kappa shape index (κ2) is 14.1. The van der Waals surface area contributed by atoms with Gasteiger partial charge in [-0.1, -0.05) is 41.5 Å². The number of amides is 3. The number of rotatable bonds is 12. The Labute approximate surface area is 199 Å². The van der Waals surface area contributed by atoms with Crippen LogP contribution >= 0.6 is 0 Å². The molecule has 9 nitrogen and oxygen atoms in total. The van der Waals surface area contributed by atoms with E-state index in [-0.39, 0.29) is 17.8 Å². The molecule has 192 valence electrons. The van der Waals surface area contributed by atoms with Crippen LogP contribution in [0.2, 0.25) is 0 Å². The average molecular weight is 472 g/mol. The van der Waals surface area contributed by atoms with Gasteiger partial charge in [-0.25, -0.2) is 9.59 Å². The summed E-state index contributed by atoms with van der Waals surface area (Å²) in [5.74, 6) is -1.10. The highest BCUT2D eigenvalue weighted by Crippen LogP contribution is 2.12. The van der Waals surface area contributed by atoms with Crippen LogP contribution in [0, 0.1) is 17.8 Å². The van der Waals surface area contributed by atoms with Crippen LogP contribution in [0.15, 0.2) is 0 Å². The lowest BCUT2D eigenvalue weighted by Crippen LogP contribution is -2.56. The zero-order chi connectivity index (χ0) is 25.9. The molecule has 0 rings (SSSR count). The average Bonchev–Trinajstić information content (AvgIpc) is 2.62. The van der Waals surface area contributed by atoms with Gasteiger partial charge in [-0.3, -0.25) is 9.59 Å². The number of alkyl carbamates (subject to hydrolysis) is 1. The fourth-order valence-corrected chi connectivity index (χ4v) is 3.23. The summed E-state index contributed by atoms with van der Waals surface area (Å²) in [5.41, 5.74) is -0.706. The Morgan fingerprint density at radius 2 is 1.03 bits per heavy atom. The number of hydrogen-bond donors (Lipinski definition) is 3. The van der Waals surface area contributed by atoms with Crippen molar-refractivity contribution in [2.45, 2.75) is 105 Å². The lowest BCUT2D eigenvalue weighted by Gasteiger charge is -2.27. The first-order valence-electron chi connectivity index (χ1n) is 11.7. The number of carbonyl (C=O) groups is 4. The van der Waals surface area contributed by atoms with E-state index >= 15 is 0 Å². The molecule has 0 spiro atoms. The van der Waals surface area contributed by atoms with Crippen LogP contribution in [0.3, 0.4) is 0 Å². The Morgan fingerprint density at radius 1 is 0.667 bits per heavy atom. The highest BCUT2D eigenvalue weighted by Gasteiger charge is 2.31. The minimum absolute atomic E-state index is 0.102. The van der Waals surface area contributed by atoms with Gasteiger partial charge in [-0.2, -0.15) is 0 Å². The summed E-state index contributed by atoms with van der Waals surface area (Å²) in [6, 6.07) is -2.54. The number of nitrogens with one attached hydrogen (secondary N) is 3. The predicted octanol–water partition coefficient (Wildman–Crippen LogP) is 3.16. The minimum atomic E-state index is -0.869. The van der Waals surface area contributed by atoms with Gasteiger partial charge in [0.15, 0.2) is 0 Å². The van der Waals surface area contributed by atoms with E-state index < -0.39 is 47.6 Å². The zero-order valence-electron chi connectivity index (χ0n) is 22.0. The third kappa shape index (κ3) is 13.7. The molecule has 0 saturated heterocycles. The first-order chi connectivity index (χ1) is 15.0. The monoisotopic (exact) mass is 471 g/mol. The Hall–Kier alpha value is -2.32. The van der Waals surface area contributed by atoms with Crippen molar-refractivity contribution in [3.63, 3.8) is 0 Å². The number of hydrogen-bond acceptors (Lipinski definition) is 6. The Kier molecular flexibility index (Phi) is 13.1. The van der Waals surface area contributed by atoms with Gasteiger partial charge in [0.05, 0.1) is 7.11 Å². The third-order valence-corrected chi connectivity index (χ3v) is 4.56. The largest absolute Gasteiger partial charge is 0.467 e. The summed E-state index contributed by atoms with van der Waals surface area (Å²) in [4.78, 5) is 50.5.